The lowest BCUT2D eigenvalue weighted by molar-refractivity contribution is -0.134. The smallest absolute Gasteiger partial charge is 0.410 e. The van der Waals surface area contributed by atoms with Crippen LogP contribution in [0.15, 0.2) is 12.2 Å². The van der Waals surface area contributed by atoms with Crippen molar-refractivity contribution < 1.29 is 29.3 Å². The number of nitrogens with zero attached hydrogens (tertiary/aromatic N) is 1. The molecule has 0 unspecified atom stereocenters. The predicted octanol–water partition coefficient (Wildman–Crippen LogP) is 1.32. The lowest BCUT2D eigenvalue weighted by Crippen LogP contribution is -2.54. The van der Waals surface area contributed by atoms with Crippen LogP contribution in [-0.2, 0) is 14.3 Å². The Bertz CT molecular complexity index is 471. The van der Waals surface area contributed by atoms with Crippen LogP contribution in [0.5, 0.6) is 0 Å². The maximum atomic E-state index is 11.6. The highest BCUT2D eigenvalue weighted by atomic mass is 16.6. The summed E-state index contributed by atoms with van der Waals surface area (Å²) in [4.78, 5) is 32.5. The fourth-order valence-electron chi connectivity index (χ4n) is 1.94. The molecule has 0 aromatic heterocycles. The van der Waals surface area contributed by atoms with Crippen molar-refractivity contribution in [3.8, 4) is 0 Å². The van der Waals surface area contributed by atoms with E-state index in [0.717, 1.165) is 25.7 Å². The van der Waals surface area contributed by atoms with E-state index in [1.165, 1.54) is 12.8 Å². The van der Waals surface area contributed by atoms with E-state index < -0.39 is 11.9 Å². The maximum Gasteiger partial charge on any atom is 0.410 e. The molecule has 2 rings (SSSR count). The van der Waals surface area contributed by atoms with Gasteiger partial charge in [-0.05, 0) is 33.6 Å². The van der Waals surface area contributed by atoms with Crippen LogP contribution in [0.3, 0.4) is 0 Å². The molecule has 8 nitrogen and oxygen atoms in total. The fraction of sp³-hybridized carbons (Fsp3) is 0.688. The number of rotatable bonds is 5. The van der Waals surface area contributed by atoms with Crippen LogP contribution in [0, 0.1) is 5.92 Å². The van der Waals surface area contributed by atoms with Crippen LogP contribution in [0.1, 0.15) is 33.6 Å². The summed E-state index contributed by atoms with van der Waals surface area (Å²) in [7, 11) is 0. The number of carbonyl (C=O) groups excluding carboxylic acids is 1. The maximum absolute atomic E-state index is 11.6. The van der Waals surface area contributed by atoms with Crippen molar-refractivity contribution >= 4 is 18.0 Å². The summed E-state index contributed by atoms with van der Waals surface area (Å²) in [6.45, 7) is 8.43. The average molecular weight is 342 g/mol. The Morgan fingerprint density at radius 1 is 1.12 bits per heavy atom. The van der Waals surface area contributed by atoms with Gasteiger partial charge in [-0.3, -0.25) is 0 Å². The number of hydrogen-bond acceptors (Lipinski definition) is 5. The van der Waals surface area contributed by atoms with E-state index in [9.17, 15) is 14.4 Å². The number of amides is 1. The van der Waals surface area contributed by atoms with Gasteiger partial charge in [0, 0.05) is 43.7 Å². The number of likely N-dealkylation sites (tertiary alicyclic amines) is 1. The van der Waals surface area contributed by atoms with Gasteiger partial charge >= 0.3 is 18.0 Å². The first-order chi connectivity index (χ1) is 11.1. The number of hydrogen-bond donors (Lipinski definition) is 3. The summed E-state index contributed by atoms with van der Waals surface area (Å²) < 4.78 is 5.29. The Hall–Kier alpha value is -2.09. The molecule has 0 bridgehead atoms. The normalized spacial score (nSPS) is 17.7. The first-order valence-electron chi connectivity index (χ1n) is 7.92. The first-order valence-corrected chi connectivity index (χ1v) is 7.92. The Labute approximate surface area is 141 Å². The number of carbonyl (C=O) groups is 3. The molecule has 1 saturated carbocycles. The molecule has 1 saturated heterocycles. The number of carboxylic acid groups (broad SMARTS) is 2. The van der Waals surface area contributed by atoms with Crippen molar-refractivity contribution in [2.45, 2.75) is 45.3 Å². The summed E-state index contributed by atoms with van der Waals surface area (Å²) in [6.07, 6.45) is 3.59. The van der Waals surface area contributed by atoms with Gasteiger partial charge in [0.15, 0.2) is 0 Å². The highest BCUT2D eigenvalue weighted by Crippen LogP contribution is 2.22. The van der Waals surface area contributed by atoms with Crippen LogP contribution in [0.25, 0.3) is 0 Å². The molecule has 2 fully saturated rings. The predicted molar refractivity (Wildman–Crippen MR) is 86.7 cm³/mol. The zero-order valence-electron chi connectivity index (χ0n) is 14.3. The van der Waals surface area contributed by atoms with Crippen LogP contribution in [0.2, 0.25) is 0 Å². The van der Waals surface area contributed by atoms with Crippen LogP contribution in [0.4, 0.5) is 4.79 Å². The van der Waals surface area contributed by atoms with Gasteiger partial charge in [0.1, 0.15) is 5.60 Å². The molecule has 1 heterocycles. The Morgan fingerprint density at radius 2 is 1.62 bits per heavy atom. The molecule has 0 aromatic carbocycles. The van der Waals surface area contributed by atoms with Gasteiger partial charge in [0.05, 0.1) is 0 Å². The monoisotopic (exact) mass is 342 g/mol. The molecule has 1 aliphatic carbocycles. The van der Waals surface area contributed by atoms with Gasteiger partial charge in [-0.2, -0.15) is 0 Å². The standard InChI is InChI=1S/C12H22N2O2.C4H4O4/c1-12(2,3)16-11(15)14-7-9(8-14)6-13-10-4-5-10;5-3(6)1-2-4(7)8/h9-10,13H,4-8H2,1-3H3;1-2H,(H,5,6)(H,7,8)/b;2-1-. The largest absolute Gasteiger partial charge is 0.478 e. The van der Waals surface area contributed by atoms with Crippen LogP contribution in [-0.4, -0.2) is 64.4 Å². The number of aliphatic carboxylic acids is 2. The molecule has 2 aliphatic rings. The molecule has 24 heavy (non-hydrogen) atoms. The summed E-state index contributed by atoms with van der Waals surface area (Å²) in [5.74, 6) is -1.90. The van der Waals surface area contributed by atoms with E-state index in [1.807, 2.05) is 20.8 Å². The van der Waals surface area contributed by atoms with E-state index >= 15 is 0 Å². The second-order valence-corrected chi connectivity index (χ2v) is 6.94. The third-order valence-electron chi connectivity index (χ3n) is 3.25. The Balaban J connectivity index is 0.000000307. The molecule has 8 heteroatoms. The molecule has 0 spiro atoms. The molecule has 1 amide bonds. The van der Waals surface area contributed by atoms with Crippen molar-refractivity contribution in [2.24, 2.45) is 5.92 Å². The Kier molecular flexibility index (Phi) is 7.21. The molecule has 136 valence electrons. The second kappa shape index (κ2) is 8.68. The minimum Gasteiger partial charge on any atom is -0.478 e. The zero-order valence-corrected chi connectivity index (χ0v) is 14.3. The lowest BCUT2D eigenvalue weighted by Gasteiger charge is -2.39. The first kappa shape index (κ1) is 20.0. The lowest BCUT2D eigenvalue weighted by atomic mass is 10.0. The highest BCUT2D eigenvalue weighted by Gasteiger charge is 2.34. The van der Waals surface area contributed by atoms with Gasteiger partial charge in [-0.1, -0.05) is 0 Å². The van der Waals surface area contributed by atoms with Crippen molar-refractivity contribution in [2.75, 3.05) is 19.6 Å². The molecule has 3 N–H and O–H groups in total. The summed E-state index contributed by atoms with van der Waals surface area (Å²) >= 11 is 0. The topological polar surface area (TPSA) is 116 Å². The molecular weight excluding hydrogens is 316 g/mol. The van der Waals surface area contributed by atoms with Crippen molar-refractivity contribution in [3.05, 3.63) is 12.2 Å². The number of carboxylic acids is 2. The molecule has 0 aromatic rings. The third kappa shape index (κ3) is 9.14. The van der Waals surface area contributed by atoms with E-state index in [0.29, 0.717) is 18.1 Å². The van der Waals surface area contributed by atoms with Gasteiger partial charge < -0.3 is 25.2 Å². The third-order valence-corrected chi connectivity index (χ3v) is 3.25. The van der Waals surface area contributed by atoms with Gasteiger partial charge in [0.25, 0.3) is 0 Å². The minimum atomic E-state index is -1.26. The second-order valence-electron chi connectivity index (χ2n) is 6.94. The number of ether oxygens (including phenoxy) is 1. The summed E-state index contributed by atoms with van der Waals surface area (Å²) in [5.41, 5.74) is -0.381. The van der Waals surface area contributed by atoms with Crippen LogP contribution < -0.4 is 5.32 Å². The molecular formula is C16H26N2O6. The highest BCUT2D eigenvalue weighted by molar-refractivity contribution is 5.89. The van der Waals surface area contributed by atoms with Crippen molar-refractivity contribution in [1.82, 2.24) is 10.2 Å². The van der Waals surface area contributed by atoms with E-state index in [-0.39, 0.29) is 11.7 Å². The van der Waals surface area contributed by atoms with Gasteiger partial charge in [0.2, 0.25) is 0 Å². The Morgan fingerprint density at radius 3 is 2.00 bits per heavy atom. The molecule has 1 aliphatic heterocycles. The van der Waals surface area contributed by atoms with Gasteiger partial charge in [-0.25, -0.2) is 14.4 Å². The van der Waals surface area contributed by atoms with Crippen LogP contribution >= 0.6 is 0 Å². The zero-order chi connectivity index (χ0) is 18.3. The molecule has 0 radical (unpaired) electrons. The SMILES string of the molecule is CC(C)(C)OC(=O)N1CC(CNC2CC2)C1.O=C(O)/C=C\C(=O)O. The fourth-order valence-corrected chi connectivity index (χ4v) is 1.94. The molecule has 0 atom stereocenters. The average Bonchev–Trinajstić information content (AvgIpc) is 3.17. The number of nitrogens with one attached hydrogen (secondary N) is 1. The minimum absolute atomic E-state index is 0.171. The van der Waals surface area contributed by atoms with E-state index in [4.69, 9.17) is 14.9 Å². The van der Waals surface area contributed by atoms with E-state index in [2.05, 4.69) is 5.32 Å². The van der Waals surface area contributed by atoms with Crippen molar-refractivity contribution in [1.29, 1.82) is 0 Å². The quantitative estimate of drug-likeness (QED) is 0.645. The van der Waals surface area contributed by atoms with Crippen molar-refractivity contribution in [3.63, 3.8) is 0 Å². The summed E-state index contributed by atoms with van der Waals surface area (Å²) in [6, 6.07) is 0.760. The van der Waals surface area contributed by atoms with Gasteiger partial charge in [-0.15, -0.1) is 0 Å². The summed E-state index contributed by atoms with van der Waals surface area (Å²) in [5, 5.41) is 19.1. The van der Waals surface area contributed by atoms with E-state index in [1.54, 1.807) is 4.90 Å².